The minimum absolute atomic E-state index is 0.190. The van der Waals surface area contributed by atoms with Gasteiger partial charge in [-0.3, -0.25) is 0 Å². The van der Waals surface area contributed by atoms with Crippen LogP contribution in [0.25, 0.3) is 16.1 Å². The molecule has 0 heterocycles. The monoisotopic (exact) mass is 171 g/mol. The summed E-state index contributed by atoms with van der Waals surface area (Å²) in [6.45, 7) is 0. The molecular formula is C10H7N2O+. The summed E-state index contributed by atoms with van der Waals surface area (Å²) in [5.74, 6) is 0.190. The van der Waals surface area contributed by atoms with Crippen LogP contribution in [-0.2, 0) is 0 Å². The van der Waals surface area contributed by atoms with Crippen molar-refractivity contribution in [1.29, 1.82) is 5.39 Å². The first kappa shape index (κ1) is 7.56. The van der Waals surface area contributed by atoms with E-state index < -0.39 is 0 Å². The molecule has 2 rings (SSSR count). The Hall–Kier alpha value is -2.08. The van der Waals surface area contributed by atoms with Gasteiger partial charge in [-0.15, -0.1) is 0 Å². The van der Waals surface area contributed by atoms with Crippen LogP contribution in [0.5, 0.6) is 5.75 Å². The van der Waals surface area contributed by atoms with Crippen LogP contribution < -0.4 is 0 Å². The third kappa shape index (κ3) is 1.18. The molecule has 0 aromatic rings. The SMILES string of the molecule is N#[N+]c1cc2ccccc(O)c-2c1. The van der Waals surface area contributed by atoms with E-state index in [0.29, 0.717) is 11.3 Å². The summed E-state index contributed by atoms with van der Waals surface area (Å²) in [5.41, 5.74) is 2.00. The van der Waals surface area contributed by atoms with E-state index in [1.807, 2.05) is 12.1 Å². The Bertz CT molecular complexity index is 459. The summed E-state index contributed by atoms with van der Waals surface area (Å²) in [5, 5.41) is 18.1. The molecule has 0 fully saturated rings. The molecule has 0 aliphatic heterocycles. The Morgan fingerprint density at radius 3 is 2.69 bits per heavy atom. The zero-order valence-electron chi connectivity index (χ0n) is 6.81. The number of hydrogen-bond acceptors (Lipinski definition) is 2. The summed E-state index contributed by atoms with van der Waals surface area (Å²) < 4.78 is 0. The molecule has 13 heavy (non-hydrogen) atoms. The first-order valence-corrected chi connectivity index (χ1v) is 3.88. The molecular weight excluding hydrogens is 164 g/mol. The van der Waals surface area contributed by atoms with Crippen molar-refractivity contribution in [2.75, 3.05) is 0 Å². The summed E-state index contributed by atoms with van der Waals surface area (Å²) in [6, 6.07) is 10.4. The molecule has 3 nitrogen and oxygen atoms in total. The number of nitrogens with zero attached hydrogens (tertiary/aromatic N) is 2. The van der Waals surface area contributed by atoms with Gasteiger partial charge in [-0.1, -0.05) is 18.2 Å². The molecule has 0 saturated carbocycles. The van der Waals surface area contributed by atoms with Crippen molar-refractivity contribution >= 4 is 5.69 Å². The Labute approximate surface area is 75.2 Å². The minimum atomic E-state index is 0.190. The maximum Gasteiger partial charge on any atom is 0.386 e. The van der Waals surface area contributed by atoms with Gasteiger partial charge in [-0.2, -0.15) is 0 Å². The minimum Gasteiger partial charge on any atom is -0.507 e. The Balaban J connectivity index is 2.77. The van der Waals surface area contributed by atoms with E-state index in [9.17, 15) is 5.11 Å². The lowest BCUT2D eigenvalue weighted by Crippen LogP contribution is -1.65. The molecule has 0 aromatic carbocycles. The van der Waals surface area contributed by atoms with Gasteiger partial charge in [0, 0.05) is 17.7 Å². The topological polar surface area (TPSA) is 48.4 Å². The molecule has 62 valence electrons. The van der Waals surface area contributed by atoms with Gasteiger partial charge in [0.2, 0.25) is 5.39 Å². The number of fused-ring (bicyclic) bond motifs is 1. The Kier molecular flexibility index (Phi) is 1.60. The summed E-state index contributed by atoms with van der Waals surface area (Å²) in [7, 11) is 0. The van der Waals surface area contributed by atoms with Crippen LogP contribution in [0.4, 0.5) is 5.69 Å². The molecule has 0 aromatic heterocycles. The maximum absolute atomic E-state index is 9.52. The van der Waals surface area contributed by atoms with Gasteiger partial charge in [0.15, 0.2) is 4.98 Å². The van der Waals surface area contributed by atoms with E-state index in [1.54, 1.807) is 24.3 Å². The second kappa shape index (κ2) is 2.76. The number of hydrogen-bond donors (Lipinski definition) is 1. The van der Waals surface area contributed by atoms with Gasteiger partial charge in [-0.05, 0) is 11.6 Å². The second-order valence-corrected chi connectivity index (χ2v) is 2.79. The average molecular weight is 171 g/mol. The van der Waals surface area contributed by atoms with Crippen molar-refractivity contribution < 1.29 is 5.11 Å². The van der Waals surface area contributed by atoms with Crippen molar-refractivity contribution in [3.63, 3.8) is 0 Å². The van der Waals surface area contributed by atoms with Gasteiger partial charge >= 0.3 is 5.69 Å². The quantitative estimate of drug-likeness (QED) is 0.619. The third-order valence-electron chi connectivity index (χ3n) is 1.94. The maximum atomic E-state index is 9.52. The molecule has 0 unspecified atom stereocenters. The normalized spacial score (nSPS) is 9.77. The molecule has 0 saturated heterocycles. The van der Waals surface area contributed by atoms with Crippen molar-refractivity contribution in [1.82, 2.24) is 0 Å². The van der Waals surface area contributed by atoms with Crippen LogP contribution in [0, 0.1) is 5.39 Å². The van der Waals surface area contributed by atoms with Gasteiger partial charge in [0.1, 0.15) is 5.75 Å². The highest BCUT2D eigenvalue weighted by molar-refractivity contribution is 5.79. The zero-order chi connectivity index (χ0) is 9.26. The molecule has 3 heteroatoms. The smallest absolute Gasteiger partial charge is 0.386 e. The highest BCUT2D eigenvalue weighted by Crippen LogP contribution is 2.35. The molecule has 2 aliphatic rings. The van der Waals surface area contributed by atoms with Gasteiger partial charge in [-0.25, -0.2) is 0 Å². The van der Waals surface area contributed by atoms with Crippen molar-refractivity contribution in [3.05, 3.63) is 41.4 Å². The number of aromatic hydroxyl groups is 1. The highest BCUT2D eigenvalue weighted by Gasteiger charge is 2.15. The van der Waals surface area contributed by atoms with E-state index in [1.165, 1.54) is 0 Å². The van der Waals surface area contributed by atoms with Gasteiger partial charge in [0.25, 0.3) is 0 Å². The highest BCUT2D eigenvalue weighted by atomic mass is 16.3. The fraction of sp³-hybridized carbons (Fsp3) is 0. The molecule has 0 spiro atoms. The van der Waals surface area contributed by atoms with Crippen molar-refractivity contribution in [2.24, 2.45) is 0 Å². The van der Waals surface area contributed by atoms with Crippen LogP contribution >= 0.6 is 0 Å². The summed E-state index contributed by atoms with van der Waals surface area (Å²) >= 11 is 0. The molecule has 0 radical (unpaired) electrons. The largest absolute Gasteiger partial charge is 0.507 e. The lowest BCUT2D eigenvalue weighted by atomic mass is 10.2. The zero-order valence-corrected chi connectivity index (χ0v) is 6.81. The Morgan fingerprint density at radius 1 is 1.15 bits per heavy atom. The molecule has 0 bridgehead atoms. The molecule has 0 atom stereocenters. The molecule has 0 amide bonds. The van der Waals surface area contributed by atoms with Crippen LogP contribution in [0.1, 0.15) is 0 Å². The van der Waals surface area contributed by atoms with Crippen LogP contribution in [-0.4, -0.2) is 5.11 Å². The van der Waals surface area contributed by atoms with Gasteiger partial charge < -0.3 is 5.11 Å². The van der Waals surface area contributed by atoms with Crippen molar-refractivity contribution in [2.45, 2.75) is 0 Å². The third-order valence-corrected chi connectivity index (χ3v) is 1.94. The Morgan fingerprint density at radius 2 is 1.92 bits per heavy atom. The van der Waals surface area contributed by atoms with Crippen molar-refractivity contribution in [3.8, 4) is 16.9 Å². The summed E-state index contributed by atoms with van der Waals surface area (Å²) in [4.78, 5) is 3.06. The van der Waals surface area contributed by atoms with Gasteiger partial charge in [0.05, 0.1) is 0 Å². The van der Waals surface area contributed by atoms with E-state index in [4.69, 9.17) is 5.39 Å². The summed E-state index contributed by atoms with van der Waals surface area (Å²) in [6.07, 6.45) is 0. The fourth-order valence-electron chi connectivity index (χ4n) is 1.32. The standard InChI is InChI=1S/C10H6N2O/c11-12-8-5-7-3-1-2-4-10(13)9(7)6-8/h1-6H/p+1. The number of diazo groups is 1. The van der Waals surface area contributed by atoms with E-state index >= 15 is 0 Å². The molecule has 2 aliphatic carbocycles. The average Bonchev–Trinajstić information content (AvgIpc) is 2.48. The van der Waals surface area contributed by atoms with E-state index in [2.05, 4.69) is 4.98 Å². The van der Waals surface area contributed by atoms with Crippen LogP contribution in [0.3, 0.4) is 0 Å². The van der Waals surface area contributed by atoms with Crippen LogP contribution in [0.2, 0.25) is 0 Å². The first-order chi connectivity index (χ1) is 6.31. The molecule has 1 N–H and O–H groups in total. The predicted molar refractivity (Wildman–Crippen MR) is 49.5 cm³/mol. The lowest BCUT2D eigenvalue weighted by Gasteiger charge is -1.91. The van der Waals surface area contributed by atoms with E-state index in [-0.39, 0.29) is 5.75 Å². The van der Waals surface area contributed by atoms with E-state index in [0.717, 1.165) is 5.56 Å². The lowest BCUT2D eigenvalue weighted by molar-refractivity contribution is 0.478. The van der Waals surface area contributed by atoms with Crippen LogP contribution in [0.15, 0.2) is 36.4 Å². The number of rotatable bonds is 0. The fourth-order valence-corrected chi connectivity index (χ4v) is 1.32. The second-order valence-electron chi connectivity index (χ2n) is 2.79. The first-order valence-electron chi connectivity index (χ1n) is 3.88. The predicted octanol–water partition coefficient (Wildman–Crippen LogP) is 2.98.